The molecule has 0 fully saturated rings. The van der Waals surface area contributed by atoms with E-state index in [9.17, 15) is 0 Å². The van der Waals surface area contributed by atoms with Crippen molar-refractivity contribution in [2.75, 3.05) is 13.6 Å². The molecule has 5 nitrogen and oxygen atoms in total. The molecule has 0 unspecified atom stereocenters. The molecule has 1 rings (SSSR count). The molecule has 0 atom stereocenters. The molecule has 0 aliphatic rings. The first-order valence-electron chi connectivity index (χ1n) is 7.72. The molecule has 21 heavy (non-hydrogen) atoms. The Morgan fingerprint density at radius 3 is 2.57 bits per heavy atom. The van der Waals surface area contributed by atoms with Crippen LogP contribution in [0.5, 0.6) is 0 Å². The van der Waals surface area contributed by atoms with Gasteiger partial charge < -0.3 is 15.1 Å². The van der Waals surface area contributed by atoms with E-state index in [2.05, 4.69) is 55.2 Å². The summed E-state index contributed by atoms with van der Waals surface area (Å²) in [5, 5.41) is 6.52. The Morgan fingerprint density at radius 1 is 1.33 bits per heavy atom. The summed E-state index contributed by atoms with van der Waals surface area (Å²) in [6.45, 7) is 12.3. The number of hydrogen-bond donors (Lipinski definition) is 2. The number of rotatable bonds is 6. The molecule has 0 saturated carbocycles. The molecule has 0 saturated heterocycles. The van der Waals surface area contributed by atoms with Crippen LogP contribution >= 0.6 is 0 Å². The maximum atomic E-state index is 5.74. The lowest BCUT2D eigenvalue weighted by molar-refractivity contribution is 0.379. The molecule has 0 bridgehead atoms. The van der Waals surface area contributed by atoms with Crippen LogP contribution in [0.3, 0.4) is 0 Å². The minimum Gasteiger partial charge on any atom is -0.443 e. The normalized spacial score (nSPS) is 12.8. The maximum absolute atomic E-state index is 5.74. The van der Waals surface area contributed by atoms with Gasteiger partial charge in [0.15, 0.2) is 5.96 Å². The van der Waals surface area contributed by atoms with Crippen LogP contribution in [0.1, 0.15) is 59.1 Å². The molecule has 2 N–H and O–H groups in total. The lowest BCUT2D eigenvalue weighted by atomic mass is 9.94. The quantitative estimate of drug-likeness (QED) is 0.481. The molecule has 0 aliphatic heterocycles. The van der Waals surface area contributed by atoms with Crippen molar-refractivity contribution >= 4 is 5.96 Å². The van der Waals surface area contributed by atoms with Gasteiger partial charge in [0.1, 0.15) is 5.76 Å². The number of aromatic nitrogens is 1. The van der Waals surface area contributed by atoms with Crippen LogP contribution in [0, 0.1) is 5.92 Å². The van der Waals surface area contributed by atoms with E-state index in [0.29, 0.717) is 12.4 Å². The summed E-state index contributed by atoms with van der Waals surface area (Å²) in [4.78, 5) is 8.50. The first-order valence-corrected chi connectivity index (χ1v) is 7.72. The lowest BCUT2D eigenvalue weighted by Crippen LogP contribution is -2.37. The zero-order valence-electron chi connectivity index (χ0n) is 14.3. The fourth-order valence-corrected chi connectivity index (χ4v) is 1.84. The van der Waals surface area contributed by atoms with Gasteiger partial charge in [-0.05, 0) is 18.8 Å². The molecule has 0 aromatic carbocycles. The van der Waals surface area contributed by atoms with E-state index >= 15 is 0 Å². The van der Waals surface area contributed by atoms with E-state index in [-0.39, 0.29) is 5.41 Å². The second kappa shape index (κ2) is 8.05. The highest BCUT2D eigenvalue weighted by molar-refractivity contribution is 5.79. The van der Waals surface area contributed by atoms with Crippen LogP contribution in [0.15, 0.2) is 15.6 Å². The highest BCUT2D eigenvalue weighted by atomic mass is 16.4. The number of hydrogen-bond acceptors (Lipinski definition) is 3. The van der Waals surface area contributed by atoms with Crippen LogP contribution in [0.25, 0.3) is 0 Å². The highest BCUT2D eigenvalue weighted by Crippen LogP contribution is 2.22. The molecule has 0 radical (unpaired) electrons. The SMILES string of the molecule is CN=C(NCCCC(C)C)NCc1ncc(C(C)(C)C)o1. The fourth-order valence-electron chi connectivity index (χ4n) is 1.84. The van der Waals surface area contributed by atoms with Crippen LogP contribution in [0.4, 0.5) is 0 Å². The lowest BCUT2D eigenvalue weighted by Gasteiger charge is -2.13. The third-order valence-corrected chi connectivity index (χ3v) is 3.17. The number of aliphatic imine (C=N–C) groups is 1. The molecule has 5 heteroatoms. The minimum atomic E-state index is -0.0119. The van der Waals surface area contributed by atoms with Crippen molar-refractivity contribution in [3.05, 3.63) is 17.8 Å². The summed E-state index contributed by atoms with van der Waals surface area (Å²) in [7, 11) is 1.77. The smallest absolute Gasteiger partial charge is 0.213 e. The number of oxazole rings is 1. The predicted molar refractivity (Wildman–Crippen MR) is 87.5 cm³/mol. The zero-order valence-corrected chi connectivity index (χ0v) is 14.3. The number of nitrogens with zero attached hydrogens (tertiary/aromatic N) is 2. The molecular formula is C16H30N4O. The number of nitrogens with one attached hydrogen (secondary N) is 2. The van der Waals surface area contributed by atoms with Crippen LogP contribution < -0.4 is 10.6 Å². The van der Waals surface area contributed by atoms with E-state index in [1.54, 1.807) is 13.2 Å². The molecule has 0 amide bonds. The van der Waals surface area contributed by atoms with Crippen LogP contribution in [-0.4, -0.2) is 24.5 Å². The Hall–Kier alpha value is -1.52. The van der Waals surface area contributed by atoms with Crippen LogP contribution in [-0.2, 0) is 12.0 Å². The van der Waals surface area contributed by atoms with Gasteiger partial charge in [0, 0.05) is 19.0 Å². The summed E-state index contributed by atoms with van der Waals surface area (Å²) in [5.74, 6) is 3.11. The Balaban J connectivity index is 2.37. The minimum absolute atomic E-state index is 0.0119. The zero-order chi connectivity index (χ0) is 15.9. The average molecular weight is 294 g/mol. The van der Waals surface area contributed by atoms with Gasteiger partial charge in [-0.25, -0.2) is 4.98 Å². The second-order valence-corrected chi connectivity index (χ2v) is 6.76. The monoisotopic (exact) mass is 294 g/mol. The standard InChI is InChI=1S/C16H30N4O/c1-12(2)8-7-9-18-15(17-6)20-11-14-19-10-13(21-14)16(3,4)5/h10,12H,7-9,11H2,1-6H3,(H2,17,18,20). The summed E-state index contributed by atoms with van der Waals surface area (Å²) in [6, 6.07) is 0. The molecule has 1 aromatic rings. The Labute approximate surface area is 128 Å². The maximum Gasteiger partial charge on any atom is 0.213 e. The van der Waals surface area contributed by atoms with Gasteiger partial charge >= 0.3 is 0 Å². The summed E-state index contributed by atoms with van der Waals surface area (Å²) >= 11 is 0. The number of guanidine groups is 1. The van der Waals surface area contributed by atoms with Crippen molar-refractivity contribution in [1.82, 2.24) is 15.6 Å². The van der Waals surface area contributed by atoms with Crippen LogP contribution in [0.2, 0.25) is 0 Å². The van der Waals surface area contributed by atoms with Crippen molar-refractivity contribution in [3.8, 4) is 0 Å². The van der Waals surface area contributed by atoms with Gasteiger partial charge in [-0.15, -0.1) is 0 Å². The van der Waals surface area contributed by atoms with Crippen molar-refractivity contribution in [2.45, 2.75) is 59.4 Å². The van der Waals surface area contributed by atoms with E-state index < -0.39 is 0 Å². The molecule has 120 valence electrons. The third kappa shape index (κ3) is 6.65. The Kier molecular flexibility index (Phi) is 6.72. The third-order valence-electron chi connectivity index (χ3n) is 3.17. The topological polar surface area (TPSA) is 62.5 Å². The Morgan fingerprint density at radius 2 is 2.05 bits per heavy atom. The van der Waals surface area contributed by atoms with Crippen molar-refractivity contribution in [2.24, 2.45) is 10.9 Å². The summed E-state index contributed by atoms with van der Waals surface area (Å²) < 4.78 is 5.74. The van der Waals surface area contributed by atoms with Crippen molar-refractivity contribution < 1.29 is 4.42 Å². The van der Waals surface area contributed by atoms with Gasteiger partial charge in [-0.1, -0.05) is 34.6 Å². The van der Waals surface area contributed by atoms with E-state index in [1.807, 2.05) is 0 Å². The first kappa shape index (κ1) is 17.5. The fraction of sp³-hybridized carbons (Fsp3) is 0.750. The first-order chi connectivity index (χ1) is 9.82. The van der Waals surface area contributed by atoms with Crippen molar-refractivity contribution in [3.63, 3.8) is 0 Å². The Bertz CT molecular complexity index is 443. The van der Waals surface area contributed by atoms with E-state index in [0.717, 1.165) is 30.6 Å². The van der Waals surface area contributed by atoms with Gasteiger partial charge in [0.05, 0.1) is 12.7 Å². The van der Waals surface area contributed by atoms with Gasteiger partial charge in [0.25, 0.3) is 0 Å². The molecule has 0 spiro atoms. The molecule has 1 aromatic heterocycles. The molecule has 1 heterocycles. The second-order valence-electron chi connectivity index (χ2n) is 6.76. The van der Waals surface area contributed by atoms with E-state index in [1.165, 1.54) is 6.42 Å². The van der Waals surface area contributed by atoms with Gasteiger partial charge in [0.2, 0.25) is 5.89 Å². The van der Waals surface area contributed by atoms with E-state index in [4.69, 9.17) is 4.42 Å². The average Bonchev–Trinajstić information content (AvgIpc) is 2.86. The summed E-state index contributed by atoms with van der Waals surface area (Å²) in [5.41, 5.74) is -0.0119. The molecular weight excluding hydrogens is 264 g/mol. The van der Waals surface area contributed by atoms with Gasteiger partial charge in [-0.2, -0.15) is 0 Å². The van der Waals surface area contributed by atoms with Crippen molar-refractivity contribution in [1.29, 1.82) is 0 Å². The summed E-state index contributed by atoms with van der Waals surface area (Å²) in [6.07, 6.45) is 4.17. The predicted octanol–water partition coefficient (Wildman–Crippen LogP) is 3.07. The molecule has 0 aliphatic carbocycles. The van der Waals surface area contributed by atoms with Gasteiger partial charge in [-0.3, -0.25) is 4.99 Å². The highest BCUT2D eigenvalue weighted by Gasteiger charge is 2.19. The largest absolute Gasteiger partial charge is 0.443 e.